The number of rotatable bonds is 4. The molecule has 0 aliphatic carbocycles. The molecule has 0 atom stereocenters. The van der Waals surface area contributed by atoms with Crippen LogP contribution in [0.5, 0.6) is 17.2 Å². The quantitative estimate of drug-likeness (QED) is 0.798. The van der Waals surface area contributed by atoms with Gasteiger partial charge in [-0.3, -0.25) is 9.59 Å². The molecule has 0 spiro atoms. The van der Waals surface area contributed by atoms with Gasteiger partial charge in [0.05, 0.1) is 21.3 Å². The Bertz CT molecular complexity index is 660. The summed E-state index contributed by atoms with van der Waals surface area (Å²) in [5.41, 5.74) is 0.245. The van der Waals surface area contributed by atoms with Crippen molar-refractivity contribution in [2.45, 2.75) is 6.18 Å². The van der Waals surface area contributed by atoms with Gasteiger partial charge >= 0.3 is 12.1 Å². The van der Waals surface area contributed by atoms with Gasteiger partial charge in [0.1, 0.15) is 0 Å². The number of halogens is 3. The predicted octanol–water partition coefficient (Wildman–Crippen LogP) is 1.56. The van der Waals surface area contributed by atoms with Gasteiger partial charge in [-0.15, -0.1) is 0 Å². The van der Waals surface area contributed by atoms with Gasteiger partial charge in [-0.25, -0.2) is 0 Å². The van der Waals surface area contributed by atoms with Crippen molar-refractivity contribution in [2.75, 3.05) is 47.5 Å². The number of hydrogen-bond donors (Lipinski definition) is 0. The highest BCUT2D eigenvalue weighted by molar-refractivity contribution is 5.96. The Labute approximate surface area is 148 Å². The molecule has 2 amide bonds. The van der Waals surface area contributed by atoms with Crippen LogP contribution < -0.4 is 14.2 Å². The fraction of sp³-hybridized carbons (Fsp3) is 0.500. The number of ether oxygens (including phenoxy) is 3. The molecule has 1 aromatic rings. The number of amides is 2. The first kappa shape index (κ1) is 19.7. The van der Waals surface area contributed by atoms with Crippen molar-refractivity contribution in [3.63, 3.8) is 0 Å². The Kier molecular flexibility index (Phi) is 5.83. The molecule has 1 aromatic carbocycles. The molecule has 1 fully saturated rings. The van der Waals surface area contributed by atoms with Crippen molar-refractivity contribution in [1.29, 1.82) is 0 Å². The van der Waals surface area contributed by atoms with Crippen LogP contribution in [0, 0.1) is 0 Å². The van der Waals surface area contributed by atoms with Crippen LogP contribution in [0.3, 0.4) is 0 Å². The van der Waals surface area contributed by atoms with Crippen LogP contribution in [-0.2, 0) is 4.79 Å². The van der Waals surface area contributed by atoms with Crippen LogP contribution >= 0.6 is 0 Å². The van der Waals surface area contributed by atoms with Crippen LogP contribution in [0.25, 0.3) is 0 Å². The average molecular weight is 376 g/mol. The zero-order valence-electron chi connectivity index (χ0n) is 14.6. The molecule has 0 aromatic heterocycles. The van der Waals surface area contributed by atoms with Crippen molar-refractivity contribution in [1.82, 2.24) is 9.80 Å². The summed E-state index contributed by atoms with van der Waals surface area (Å²) in [6.45, 7) is -0.377. The molecule has 0 unspecified atom stereocenters. The minimum absolute atomic E-state index is 0.00267. The Morgan fingerprint density at radius 2 is 1.35 bits per heavy atom. The molecule has 1 saturated heterocycles. The molecule has 26 heavy (non-hydrogen) atoms. The third-order valence-electron chi connectivity index (χ3n) is 4.01. The lowest BCUT2D eigenvalue weighted by molar-refractivity contribution is -0.186. The number of alkyl halides is 3. The van der Waals surface area contributed by atoms with E-state index in [4.69, 9.17) is 14.2 Å². The average Bonchev–Trinajstić information content (AvgIpc) is 2.64. The summed E-state index contributed by atoms with van der Waals surface area (Å²) < 4.78 is 53.0. The number of nitrogens with zero attached hydrogens (tertiary/aromatic N) is 2. The van der Waals surface area contributed by atoms with Gasteiger partial charge in [-0.2, -0.15) is 13.2 Å². The third kappa shape index (κ3) is 3.94. The Morgan fingerprint density at radius 1 is 0.885 bits per heavy atom. The fourth-order valence-corrected chi connectivity index (χ4v) is 2.68. The highest BCUT2D eigenvalue weighted by Crippen LogP contribution is 2.38. The smallest absolute Gasteiger partial charge is 0.471 e. The maximum absolute atomic E-state index is 12.7. The second-order valence-corrected chi connectivity index (χ2v) is 5.50. The van der Waals surface area contributed by atoms with Crippen LogP contribution in [0.2, 0.25) is 0 Å². The maximum Gasteiger partial charge on any atom is 0.471 e. The molecular formula is C16H19F3N2O5. The van der Waals surface area contributed by atoms with Crippen LogP contribution in [0.1, 0.15) is 10.4 Å². The molecule has 10 heteroatoms. The number of carbonyl (C=O) groups is 2. The van der Waals surface area contributed by atoms with E-state index in [-0.39, 0.29) is 31.7 Å². The topological polar surface area (TPSA) is 68.3 Å². The zero-order chi connectivity index (χ0) is 19.5. The van der Waals surface area contributed by atoms with Crippen LogP contribution in [-0.4, -0.2) is 75.3 Å². The molecule has 0 bridgehead atoms. The van der Waals surface area contributed by atoms with Gasteiger partial charge in [-0.05, 0) is 12.1 Å². The first-order chi connectivity index (χ1) is 12.2. The summed E-state index contributed by atoms with van der Waals surface area (Å²) in [7, 11) is 4.25. The van der Waals surface area contributed by atoms with Crippen molar-refractivity contribution in [3.05, 3.63) is 17.7 Å². The highest BCUT2D eigenvalue weighted by Gasteiger charge is 2.43. The van der Waals surface area contributed by atoms with E-state index in [1.54, 1.807) is 0 Å². The standard InChI is InChI=1S/C16H19F3N2O5/c1-24-11-8-10(9-12(25-2)13(11)26-3)14(22)20-4-6-21(7-5-20)15(23)16(17,18)19/h8-9H,4-7H2,1-3H3. The molecule has 0 saturated carbocycles. The molecule has 0 N–H and O–H groups in total. The SMILES string of the molecule is COc1cc(C(=O)N2CCN(C(=O)C(F)(F)F)CC2)cc(OC)c1OC. The number of hydrogen-bond acceptors (Lipinski definition) is 5. The Hall–Kier alpha value is -2.65. The minimum atomic E-state index is -4.91. The van der Waals surface area contributed by atoms with E-state index in [1.807, 2.05) is 0 Å². The predicted molar refractivity (Wildman–Crippen MR) is 84.6 cm³/mol. The maximum atomic E-state index is 12.7. The second kappa shape index (κ2) is 7.71. The Morgan fingerprint density at radius 3 is 1.73 bits per heavy atom. The van der Waals surface area contributed by atoms with Crippen LogP contribution in [0.15, 0.2) is 12.1 Å². The van der Waals surface area contributed by atoms with Gasteiger partial charge < -0.3 is 24.0 Å². The first-order valence-electron chi connectivity index (χ1n) is 7.68. The van der Waals surface area contributed by atoms with Gasteiger partial charge in [0.15, 0.2) is 11.5 Å². The Balaban J connectivity index is 2.15. The lowest BCUT2D eigenvalue weighted by atomic mass is 10.1. The van der Waals surface area contributed by atoms with Crippen molar-refractivity contribution in [2.24, 2.45) is 0 Å². The van der Waals surface area contributed by atoms with E-state index in [9.17, 15) is 22.8 Å². The summed E-state index contributed by atoms with van der Waals surface area (Å²) in [5.74, 6) is -1.38. The van der Waals surface area contributed by atoms with Crippen LogP contribution in [0.4, 0.5) is 13.2 Å². The summed E-state index contributed by atoms with van der Waals surface area (Å²) in [6.07, 6.45) is -4.91. The van der Waals surface area contributed by atoms with E-state index >= 15 is 0 Å². The fourth-order valence-electron chi connectivity index (χ4n) is 2.68. The number of benzene rings is 1. The van der Waals surface area contributed by atoms with Gasteiger partial charge in [0.2, 0.25) is 5.75 Å². The van der Waals surface area contributed by atoms with E-state index in [0.29, 0.717) is 22.1 Å². The molecule has 2 rings (SSSR count). The van der Waals surface area contributed by atoms with Gasteiger partial charge in [0.25, 0.3) is 5.91 Å². The zero-order valence-corrected chi connectivity index (χ0v) is 14.6. The largest absolute Gasteiger partial charge is 0.493 e. The lowest BCUT2D eigenvalue weighted by Crippen LogP contribution is -2.53. The van der Waals surface area contributed by atoms with E-state index in [2.05, 4.69) is 0 Å². The normalized spacial score (nSPS) is 14.8. The number of methoxy groups -OCH3 is 3. The molecule has 1 aliphatic rings. The van der Waals surface area contributed by atoms with E-state index in [0.717, 1.165) is 0 Å². The molecule has 7 nitrogen and oxygen atoms in total. The van der Waals surface area contributed by atoms with Gasteiger partial charge in [0, 0.05) is 31.7 Å². The molecular weight excluding hydrogens is 357 g/mol. The molecule has 1 aliphatic heterocycles. The van der Waals surface area contributed by atoms with Crippen molar-refractivity contribution < 1.29 is 37.0 Å². The monoisotopic (exact) mass is 376 g/mol. The highest BCUT2D eigenvalue weighted by atomic mass is 19.4. The van der Waals surface area contributed by atoms with Gasteiger partial charge in [-0.1, -0.05) is 0 Å². The first-order valence-corrected chi connectivity index (χ1v) is 7.68. The van der Waals surface area contributed by atoms with Crippen molar-refractivity contribution in [3.8, 4) is 17.2 Å². The summed E-state index contributed by atoms with van der Waals surface area (Å²) in [4.78, 5) is 26.0. The minimum Gasteiger partial charge on any atom is -0.493 e. The molecule has 1 heterocycles. The molecule has 144 valence electrons. The van der Waals surface area contributed by atoms with E-state index in [1.165, 1.54) is 38.4 Å². The summed E-state index contributed by atoms with van der Waals surface area (Å²) >= 11 is 0. The van der Waals surface area contributed by atoms with Crippen molar-refractivity contribution >= 4 is 11.8 Å². The summed E-state index contributed by atoms with van der Waals surface area (Å²) in [5, 5.41) is 0. The second-order valence-electron chi connectivity index (χ2n) is 5.50. The lowest BCUT2D eigenvalue weighted by Gasteiger charge is -2.35. The summed E-state index contributed by atoms with van der Waals surface area (Å²) in [6, 6.07) is 2.94. The number of carbonyl (C=O) groups excluding carboxylic acids is 2. The molecule has 0 radical (unpaired) electrons. The van der Waals surface area contributed by atoms with E-state index < -0.39 is 18.0 Å². The third-order valence-corrected chi connectivity index (χ3v) is 4.01. The number of piperazine rings is 1.